The molecule has 0 radical (unpaired) electrons. The molecule has 0 unspecified atom stereocenters. The van der Waals surface area contributed by atoms with Gasteiger partial charge in [-0.15, -0.1) is 0 Å². The van der Waals surface area contributed by atoms with Gasteiger partial charge in [-0.1, -0.05) is 93.6 Å². The average Bonchev–Trinajstić information content (AvgIpc) is 2.83. The maximum absolute atomic E-state index is 13.4. The first-order valence-corrected chi connectivity index (χ1v) is 11.3. The quantitative estimate of drug-likeness (QED) is 0.261. The summed E-state index contributed by atoms with van der Waals surface area (Å²) in [5, 5.41) is 3.92. The van der Waals surface area contributed by atoms with Crippen LogP contribution in [0.1, 0.15) is 26.3 Å². The molecule has 2 heterocycles. The van der Waals surface area contributed by atoms with E-state index < -0.39 is 0 Å². The second kappa shape index (κ2) is 7.01. The maximum atomic E-state index is 13.4. The van der Waals surface area contributed by atoms with Gasteiger partial charge in [0, 0.05) is 10.8 Å². The largest absolute Gasteiger partial charge is 0.293 e. The van der Waals surface area contributed by atoms with Crippen LogP contribution in [0.5, 0.6) is 0 Å². The molecular weight excluding hydrogens is 404 g/mol. The Bertz CT molecular complexity index is 1760. The summed E-state index contributed by atoms with van der Waals surface area (Å²) >= 11 is 0. The molecule has 0 spiro atoms. The smallest absolute Gasteiger partial charge is 0.281 e. The zero-order valence-corrected chi connectivity index (χ0v) is 19.0. The lowest BCUT2D eigenvalue weighted by Crippen LogP contribution is -2.14. The van der Waals surface area contributed by atoms with Crippen LogP contribution in [0.25, 0.3) is 49.4 Å². The van der Waals surface area contributed by atoms with Gasteiger partial charge in [0.25, 0.3) is 5.56 Å². The molecule has 3 heteroatoms. The molecule has 0 fully saturated rings. The molecule has 0 aliphatic carbocycles. The Morgan fingerprint density at radius 2 is 1.42 bits per heavy atom. The van der Waals surface area contributed by atoms with Gasteiger partial charge in [0.2, 0.25) is 0 Å². The van der Waals surface area contributed by atoms with E-state index in [0.717, 1.165) is 32.9 Å². The molecule has 4 aromatic carbocycles. The van der Waals surface area contributed by atoms with Crippen LogP contribution in [-0.2, 0) is 5.41 Å². The van der Waals surface area contributed by atoms with Crippen molar-refractivity contribution in [3.8, 4) is 11.1 Å². The van der Waals surface area contributed by atoms with Crippen LogP contribution in [0.2, 0.25) is 0 Å². The Hall–Kier alpha value is -3.98. The first-order chi connectivity index (χ1) is 15.9. The van der Waals surface area contributed by atoms with Crippen molar-refractivity contribution >= 4 is 38.2 Å². The standard InChI is InChI=1S/C30H24N2O/c1-30(2,3)20-16-17-25-24(18-20)22-12-7-8-13-23(22)28-31-29(33)27-21(19-10-5-4-6-11-19)14-9-15-26(27)32(25)28/h4-18H,1-3H3. The van der Waals surface area contributed by atoms with Gasteiger partial charge in [-0.25, -0.2) is 0 Å². The average molecular weight is 429 g/mol. The molecule has 160 valence electrons. The van der Waals surface area contributed by atoms with Crippen LogP contribution >= 0.6 is 0 Å². The second-order valence-electron chi connectivity index (χ2n) is 9.67. The summed E-state index contributed by atoms with van der Waals surface area (Å²) in [5.74, 6) is 0. The maximum Gasteiger partial charge on any atom is 0.281 e. The summed E-state index contributed by atoms with van der Waals surface area (Å²) in [7, 11) is 0. The van der Waals surface area contributed by atoms with Gasteiger partial charge in [-0.2, -0.15) is 4.98 Å². The predicted octanol–water partition coefficient (Wildman–Crippen LogP) is 7.12. The first kappa shape index (κ1) is 19.7. The molecule has 3 nitrogen and oxygen atoms in total. The minimum Gasteiger partial charge on any atom is -0.293 e. The molecule has 33 heavy (non-hydrogen) atoms. The molecule has 0 saturated heterocycles. The molecule has 0 atom stereocenters. The molecule has 2 aromatic heterocycles. The Morgan fingerprint density at radius 3 is 2.18 bits per heavy atom. The molecule has 0 aliphatic heterocycles. The fourth-order valence-corrected chi connectivity index (χ4v) is 4.88. The Kier molecular flexibility index (Phi) is 4.18. The number of hydrogen-bond donors (Lipinski definition) is 0. The van der Waals surface area contributed by atoms with Crippen molar-refractivity contribution in [2.24, 2.45) is 0 Å². The molecule has 0 amide bonds. The highest BCUT2D eigenvalue weighted by Crippen LogP contribution is 2.35. The summed E-state index contributed by atoms with van der Waals surface area (Å²) in [4.78, 5) is 18.1. The highest BCUT2D eigenvalue weighted by Gasteiger charge is 2.19. The van der Waals surface area contributed by atoms with Crippen molar-refractivity contribution in [1.82, 2.24) is 9.38 Å². The lowest BCUT2D eigenvalue weighted by atomic mass is 9.86. The lowest BCUT2D eigenvalue weighted by Gasteiger charge is -2.21. The fraction of sp³-hybridized carbons (Fsp3) is 0.133. The summed E-state index contributed by atoms with van der Waals surface area (Å²) in [6.07, 6.45) is 0. The second-order valence-corrected chi connectivity index (χ2v) is 9.67. The summed E-state index contributed by atoms with van der Waals surface area (Å²) in [6, 6.07) is 31.0. The van der Waals surface area contributed by atoms with E-state index in [0.29, 0.717) is 11.0 Å². The Balaban J connectivity index is 1.87. The number of pyridine rings is 1. The van der Waals surface area contributed by atoms with Crippen LogP contribution < -0.4 is 5.56 Å². The molecule has 0 aliphatic rings. The number of rotatable bonds is 1. The minimum absolute atomic E-state index is 0.0363. The van der Waals surface area contributed by atoms with Gasteiger partial charge in [0.05, 0.1) is 16.4 Å². The van der Waals surface area contributed by atoms with Gasteiger partial charge >= 0.3 is 0 Å². The number of hydrogen-bond acceptors (Lipinski definition) is 2. The van der Waals surface area contributed by atoms with Crippen LogP contribution in [0.15, 0.2) is 95.8 Å². The van der Waals surface area contributed by atoms with E-state index in [9.17, 15) is 4.79 Å². The molecule has 0 bridgehead atoms. The van der Waals surface area contributed by atoms with E-state index in [4.69, 9.17) is 0 Å². The lowest BCUT2D eigenvalue weighted by molar-refractivity contribution is 0.591. The summed E-state index contributed by atoms with van der Waals surface area (Å²) in [5.41, 5.74) is 5.68. The third-order valence-corrected chi connectivity index (χ3v) is 6.56. The van der Waals surface area contributed by atoms with Crippen LogP contribution in [0.3, 0.4) is 0 Å². The van der Waals surface area contributed by atoms with Crippen molar-refractivity contribution in [2.45, 2.75) is 26.2 Å². The highest BCUT2D eigenvalue weighted by molar-refractivity contribution is 6.13. The number of benzene rings is 4. The van der Waals surface area contributed by atoms with Crippen LogP contribution in [0.4, 0.5) is 0 Å². The molecule has 0 N–H and O–H groups in total. The van der Waals surface area contributed by atoms with E-state index in [1.807, 2.05) is 54.6 Å². The van der Waals surface area contributed by atoms with Gasteiger partial charge in [-0.3, -0.25) is 9.20 Å². The molecule has 6 rings (SSSR count). The third-order valence-electron chi connectivity index (χ3n) is 6.56. The van der Waals surface area contributed by atoms with Crippen molar-refractivity contribution in [2.75, 3.05) is 0 Å². The Labute approximate surface area is 192 Å². The molecular formula is C30H24N2O. The van der Waals surface area contributed by atoms with E-state index in [1.54, 1.807) is 0 Å². The topological polar surface area (TPSA) is 34.4 Å². The normalized spacial score (nSPS) is 12.2. The highest BCUT2D eigenvalue weighted by atomic mass is 16.1. The predicted molar refractivity (Wildman–Crippen MR) is 138 cm³/mol. The van der Waals surface area contributed by atoms with Gasteiger partial charge in [0.1, 0.15) is 5.65 Å². The monoisotopic (exact) mass is 428 g/mol. The SMILES string of the molecule is CC(C)(C)c1ccc2c(c1)c1ccccc1c1nc(=O)c3c(-c4ccccc4)cccc3n21. The van der Waals surface area contributed by atoms with Gasteiger partial charge in [-0.05, 0) is 45.7 Å². The zero-order chi connectivity index (χ0) is 22.7. The third kappa shape index (κ3) is 2.96. The zero-order valence-electron chi connectivity index (χ0n) is 19.0. The Morgan fingerprint density at radius 1 is 0.697 bits per heavy atom. The minimum atomic E-state index is -0.194. The van der Waals surface area contributed by atoms with Gasteiger partial charge < -0.3 is 0 Å². The van der Waals surface area contributed by atoms with Crippen molar-refractivity contribution in [3.63, 3.8) is 0 Å². The van der Waals surface area contributed by atoms with E-state index in [-0.39, 0.29) is 11.0 Å². The van der Waals surface area contributed by atoms with Crippen molar-refractivity contribution < 1.29 is 0 Å². The number of aromatic nitrogens is 2. The first-order valence-electron chi connectivity index (χ1n) is 11.3. The number of nitrogens with zero attached hydrogens (tertiary/aromatic N) is 2. The van der Waals surface area contributed by atoms with Crippen molar-refractivity contribution in [3.05, 3.63) is 107 Å². The molecule has 6 aromatic rings. The fourth-order valence-electron chi connectivity index (χ4n) is 4.88. The van der Waals surface area contributed by atoms with Crippen LogP contribution in [-0.4, -0.2) is 9.38 Å². The molecule has 0 saturated carbocycles. The van der Waals surface area contributed by atoms with E-state index >= 15 is 0 Å². The summed E-state index contributed by atoms with van der Waals surface area (Å²) in [6.45, 7) is 6.70. The van der Waals surface area contributed by atoms with Crippen molar-refractivity contribution in [1.29, 1.82) is 0 Å². The summed E-state index contributed by atoms with van der Waals surface area (Å²) < 4.78 is 2.16. The van der Waals surface area contributed by atoms with Crippen LogP contribution in [0, 0.1) is 0 Å². The number of fused-ring (bicyclic) bond motifs is 8. The van der Waals surface area contributed by atoms with Gasteiger partial charge in [0.15, 0.2) is 0 Å². The van der Waals surface area contributed by atoms with E-state index in [1.165, 1.54) is 10.9 Å². The van der Waals surface area contributed by atoms with E-state index in [2.05, 4.69) is 66.6 Å².